The molecule has 32 heavy (non-hydrogen) atoms. The van der Waals surface area contributed by atoms with Crippen LogP contribution in [0.3, 0.4) is 0 Å². The van der Waals surface area contributed by atoms with Gasteiger partial charge in [-0.1, -0.05) is 30.3 Å². The summed E-state index contributed by atoms with van der Waals surface area (Å²) in [5, 5.41) is 3.83. The number of fused-ring (bicyclic) bond motifs is 2. The summed E-state index contributed by atoms with van der Waals surface area (Å²) in [4.78, 5) is 24.2. The average Bonchev–Trinajstić information content (AvgIpc) is 3.18. The maximum atomic E-state index is 11.8. The zero-order valence-electron chi connectivity index (χ0n) is 18.0. The first kappa shape index (κ1) is 20.4. The van der Waals surface area contributed by atoms with Crippen molar-refractivity contribution in [2.24, 2.45) is 0 Å². The van der Waals surface area contributed by atoms with Crippen LogP contribution >= 0.6 is 11.3 Å². The van der Waals surface area contributed by atoms with Crippen molar-refractivity contribution in [2.75, 3.05) is 14.1 Å². The molecule has 6 nitrogen and oxygen atoms in total. The second kappa shape index (κ2) is 8.18. The van der Waals surface area contributed by atoms with E-state index in [1.54, 1.807) is 17.4 Å². The number of hydrogen-bond donors (Lipinski definition) is 0. The number of aryl methyl sites for hydroxylation is 1. The van der Waals surface area contributed by atoms with Crippen molar-refractivity contribution in [3.05, 3.63) is 81.8 Å². The highest BCUT2D eigenvalue weighted by Gasteiger charge is 2.18. The maximum Gasteiger partial charge on any atom is 0.336 e. The maximum absolute atomic E-state index is 11.8. The standard InChI is InChI=1S/C25H21N3O3S/c1-15-11-22(29)31-20-12-17(9-10-18(15)20)30-24-23-19(16-7-5-4-6-8-16)14-32-25(23)27-21(26-24)13-28(2)3/h4-12,14H,13H2,1-3H3. The van der Waals surface area contributed by atoms with Crippen LogP contribution in [0.2, 0.25) is 0 Å². The van der Waals surface area contributed by atoms with Gasteiger partial charge < -0.3 is 14.1 Å². The van der Waals surface area contributed by atoms with Gasteiger partial charge in [0.25, 0.3) is 0 Å². The van der Waals surface area contributed by atoms with E-state index in [1.165, 1.54) is 6.07 Å². The van der Waals surface area contributed by atoms with Gasteiger partial charge in [0.2, 0.25) is 5.88 Å². The highest BCUT2D eigenvalue weighted by atomic mass is 32.1. The van der Waals surface area contributed by atoms with Crippen LogP contribution in [-0.4, -0.2) is 29.0 Å². The third-order valence-corrected chi connectivity index (χ3v) is 6.00. The van der Waals surface area contributed by atoms with E-state index in [4.69, 9.17) is 19.1 Å². The molecule has 0 aliphatic rings. The fourth-order valence-electron chi connectivity index (χ4n) is 3.69. The number of rotatable bonds is 5. The average molecular weight is 444 g/mol. The summed E-state index contributed by atoms with van der Waals surface area (Å²) in [5.74, 6) is 1.72. The Bertz CT molecular complexity index is 1490. The van der Waals surface area contributed by atoms with E-state index < -0.39 is 0 Å². The molecule has 7 heteroatoms. The third-order valence-electron chi connectivity index (χ3n) is 5.13. The predicted molar refractivity (Wildman–Crippen MR) is 128 cm³/mol. The lowest BCUT2D eigenvalue weighted by Crippen LogP contribution is -2.13. The molecule has 160 valence electrons. The number of aromatic nitrogens is 2. The number of nitrogens with zero attached hydrogens (tertiary/aromatic N) is 3. The second-order valence-electron chi connectivity index (χ2n) is 7.89. The van der Waals surface area contributed by atoms with Crippen LogP contribution < -0.4 is 10.4 Å². The van der Waals surface area contributed by atoms with Crippen molar-refractivity contribution in [2.45, 2.75) is 13.5 Å². The second-order valence-corrected chi connectivity index (χ2v) is 8.74. The molecular formula is C25H21N3O3S. The molecule has 0 saturated heterocycles. The molecule has 2 aromatic carbocycles. The van der Waals surface area contributed by atoms with Gasteiger partial charge in [-0.15, -0.1) is 11.3 Å². The van der Waals surface area contributed by atoms with E-state index in [0.29, 0.717) is 29.6 Å². The van der Waals surface area contributed by atoms with E-state index in [9.17, 15) is 4.79 Å². The first-order valence-corrected chi connectivity index (χ1v) is 11.1. The number of thiophene rings is 1. The molecule has 5 rings (SSSR count). The first-order chi connectivity index (χ1) is 15.5. The highest BCUT2D eigenvalue weighted by molar-refractivity contribution is 7.17. The fourth-order valence-corrected chi connectivity index (χ4v) is 4.65. The van der Waals surface area contributed by atoms with Crippen molar-refractivity contribution in [3.63, 3.8) is 0 Å². The van der Waals surface area contributed by atoms with Gasteiger partial charge in [-0.05, 0) is 44.3 Å². The van der Waals surface area contributed by atoms with Crippen molar-refractivity contribution in [3.8, 4) is 22.8 Å². The lowest BCUT2D eigenvalue weighted by atomic mass is 10.1. The van der Waals surface area contributed by atoms with Gasteiger partial charge in [0.05, 0.1) is 11.9 Å². The molecule has 3 heterocycles. The van der Waals surface area contributed by atoms with Crippen LogP contribution in [0.1, 0.15) is 11.4 Å². The molecule has 5 aromatic rings. The van der Waals surface area contributed by atoms with E-state index in [-0.39, 0.29) is 5.63 Å². The molecule has 0 bridgehead atoms. The molecule has 0 unspecified atom stereocenters. The number of benzene rings is 2. The van der Waals surface area contributed by atoms with Crippen molar-refractivity contribution in [1.29, 1.82) is 0 Å². The molecule has 0 spiro atoms. The summed E-state index contributed by atoms with van der Waals surface area (Å²) >= 11 is 1.57. The summed E-state index contributed by atoms with van der Waals surface area (Å²) in [6.07, 6.45) is 0. The largest absolute Gasteiger partial charge is 0.438 e. The Hall–Kier alpha value is -3.55. The summed E-state index contributed by atoms with van der Waals surface area (Å²) in [7, 11) is 3.96. The molecule has 0 amide bonds. The van der Waals surface area contributed by atoms with Gasteiger partial charge in [0.1, 0.15) is 22.0 Å². The van der Waals surface area contributed by atoms with Crippen LogP contribution in [0.4, 0.5) is 0 Å². The Morgan fingerprint density at radius 1 is 1.06 bits per heavy atom. The quantitative estimate of drug-likeness (QED) is 0.328. The van der Waals surface area contributed by atoms with Crippen LogP contribution in [-0.2, 0) is 6.54 Å². The van der Waals surface area contributed by atoms with Gasteiger partial charge in [0, 0.05) is 28.5 Å². The lowest BCUT2D eigenvalue weighted by Gasteiger charge is -2.12. The third kappa shape index (κ3) is 3.88. The van der Waals surface area contributed by atoms with Gasteiger partial charge in [-0.25, -0.2) is 9.78 Å². The van der Waals surface area contributed by atoms with Crippen LogP contribution in [0.25, 0.3) is 32.3 Å². The van der Waals surface area contributed by atoms with Crippen molar-refractivity contribution < 1.29 is 9.15 Å². The van der Waals surface area contributed by atoms with Gasteiger partial charge in [-0.2, -0.15) is 4.98 Å². The van der Waals surface area contributed by atoms with Gasteiger partial charge >= 0.3 is 5.63 Å². The van der Waals surface area contributed by atoms with Crippen molar-refractivity contribution in [1.82, 2.24) is 14.9 Å². The smallest absolute Gasteiger partial charge is 0.336 e. The van der Waals surface area contributed by atoms with Crippen molar-refractivity contribution >= 4 is 32.5 Å². The monoisotopic (exact) mass is 443 g/mol. The van der Waals surface area contributed by atoms with Crippen LogP contribution in [0, 0.1) is 6.92 Å². The Balaban J connectivity index is 1.66. The zero-order chi connectivity index (χ0) is 22.2. The minimum absolute atomic E-state index is 0.381. The molecule has 0 aliphatic heterocycles. The summed E-state index contributed by atoms with van der Waals surface area (Å²) in [6, 6.07) is 17.1. The Morgan fingerprint density at radius 2 is 1.88 bits per heavy atom. The number of ether oxygens (including phenoxy) is 1. The zero-order valence-corrected chi connectivity index (χ0v) is 18.8. The summed E-state index contributed by atoms with van der Waals surface area (Å²) in [5.41, 5.74) is 3.08. The molecular weight excluding hydrogens is 422 g/mol. The summed E-state index contributed by atoms with van der Waals surface area (Å²) in [6.45, 7) is 2.48. The Labute approximate surface area is 188 Å². The minimum atomic E-state index is -0.381. The Kier molecular flexibility index (Phi) is 5.20. The molecule has 0 atom stereocenters. The molecule has 0 aliphatic carbocycles. The van der Waals surface area contributed by atoms with Crippen LogP contribution in [0.15, 0.2) is 69.2 Å². The summed E-state index contributed by atoms with van der Waals surface area (Å²) < 4.78 is 11.7. The molecule has 0 saturated carbocycles. The SMILES string of the molecule is Cc1cc(=O)oc2cc(Oc3nc(CN(C)C)nc4scc(-c5ccccc5)c34)ccc12. The van der Waals surface area contributed by atoms with Gasteiger partial charge in [0.15, 0.2) is 0 Å². The predicted octanol–water partition coefficient (Wildman–Crippen LogP) is 5.63. The molecule has 0 N–H and O–H groups in total. The lowest BCUT2D eigenvalue weighted by molar-refractivity contribution is 0.385. The fraction of sp³-hybridized carbons (Fsp3) is 0.160. The molecule has 0 fully saturated rings. The Morgan fingerprint density at radius 3 is 2.66 bits per heavy atom. The normalized spacial score (nSPS) is 11.5. The van der Waals surface area contributed by atoms with Crippen LogP contribution in [0.5, 0.6) is 11.6 Å². The van der Waals surface area contributed by atoms with E-state index >= 15 is 0 Å². The topological polar surface area (TPSA) is 68.5 Å². The van der Waals surface area contributed by atoms with E-state index in [2.05, 4.69) is 17.5 Å². The minimum Gasteiger partial charge on any atom is -0.438 e. The van der Waals surface area contributed by atoms with E-state index in [1.807, 2.05) is 56.3 Å². The highest BCUT2D eigenvalue weighted by Crippen LogP contribution is 2.40. The first-order valence-electron chi connectivity index (χ1n) is 10.2. The van der Waals surface area contributed by atoms with E-state index in [0.717, 1.165) is 32.3 Å². The molecule has 3 aromatic heterocycles. The van der Waals surface area contributed by atoms with Gasteiger partial charge in [-0.3, -0.25) is 0 Å². The number of hydrogen-bond acceptors (Lipinski definition) is 7. The molecule has 0 radical (unpaired) electrons.